The Morgan fingerprint density at radius 2 is 1.91 bits per heavy atom. The molecule has 0 saturated carbocycles. The minimum Gasteiger partial charge on any atom is -0.272 e. The summed E-state index contributed by atoms with van der Waals surface area (Å²) < 4.78 is 2.93. The van der Waals surface area contributed by atoms with Gasteiger partial charge in [-0.25, -0.2) is 5.43 Å². The van der Waals surface area contributed by atoms with Gasteiger partial charge in [0.15, 0.2) is 11.0 Å². The van der Waals surface area contributed by atoms with Crippen LogP contribution in [0.25, 0.3) is 17.1 Å². The van der Waals surface area contributed by atoms with E-state index < -0.39 is 0 Å². The molecular formula is C22H17BrClN5OS2. The fourth-order valence-electron chi connectivity index (χ4n) is 2.80. The number of amides is 1. The SMILES string of the molecule is Cc1ccc(-c2nnc(SCC(=O)N/N=C/c3ccc(Br)s3)n2-c2ccc(Cl)cc2)cc1. The first-order valence-electron chi connectivity index (χ1n) is 9.48. The van der Waals surface area contributed by atoms with Crippen molar-refractivity contribution in [3.8, 4) is 17.1 Å². The highest BCUT2D eigenvalue weighted by Crippen LogP contribution is 2.28. The van der Waals surface area contributed by atoms with Gasteiger partial charge in [-0.05, 0) is 59.3 Å². The van der Waals surface area contributed by atoms with Gasteiger partial charge in [0.25, 0.3) is 5.91 Å². The summed E-state index contributed by atoms with van der Waals surface area (Å²) in [5.74, 6) is 0.603. The number of thioether (sulfide) groups is 1. The molecule has 2 heterocycles. The fraction of sp³-hybridized carbons (Fsp3) is 0.0909. The van der Waals surface area contributed by atoms with Crippen molar-refractivity contribution in [1.82, 2.24) is 20.2 Å². The van der Waals surface area contributed by atoms with Crippen molar-refractivity contribution in [2.75, 3.05) is 5.75 Å². The van der Waals surface area contributed by atoms with E-state index in [1.165, 1.54) is 23.1 Å². The average molecular weight is 547 g/mol. The van der Waals surface area contributed by atoms with Gasteiger partial charge in [-0.15, -0.1) is 21.5 Å². The van der Waals surface area contributed by atoms with E-state index in [0.717, 1.165) is 25.5 Å². The van der Waals surface area contributed by atoms with Crippen LogP contribution in [0.3, 0.4) is 0 Å². The Kier molecular flexibility index (Phi) is 7.41. The molecule has 0 spiro atoms. The molecule has 0 radical (unpaired) electrons. The maximum absolute atomic E-state index is 12.3. The van der Waals surface area contributed by atoms with Crippen LogP contribution in [0.2, 0.25) is 5.02 Å². The van der Waals surface area contributed by atoms with Crippen LogP contribution >= 0.6 is 50.6 Å². The predicted octanol–water partition coefficient (Wildman–Crippen LogP) is 5.96. The molecule has 4 aromatic rings. The van der Waals surface area contributed by atoms with Gasteiger partial charge in [0.1, 0.15) is 0 Å². The van der Waals surface area contributed by atoms with Gasteiger partial charge >= 0.3 is 0 Å². The summed E-state index contributed by atoms with van der Waals surface area (Å²) in [6.45, 7) is 2.04. The minimum absolute atomic E-state index is 0.144. The van der Waals surface area contributed by atoms with Crippen LogP contribution in [0.1, 0.15) is 10.4 Å². The van der Waals surface area contributed by atoms with E-state index in [2.05, 4.69) is 36.7 Å². The predicted molar refractivity (Wildman–Crippen MR) is 135 cm³/mol. The van der Waals surface area contributed by atoms with Gasteiger partial charge < -0.3 is 0 Å². The van der Waals surface area contributed by atoms with Crippen molar-refractivity contribution in [1.29, 1.82) is 0 Å². The maximum atomic E-state index is 12.3. The first-order chi connectivity index (χ1) is 15.5. The Hall–Kier alpha value is -2.46. The monoisotopic (exact) mass is 545 g/mol. The highest BCUT2D eigenvalue weighted by Gasteiger charge is 2.17. The van der Waals surface area contributed by atoms with Crippen molar-refractivity contribution >= 4 is 62.8 Å². The molecule has 2 aromatic heterocycles. The number of aryl methyl sites for hydroxylation is 1. The molecule has 0 bridgehead atoms. The van der Waals surface area contributed by atoms with Gasteiger partial charge in [-0.3, -0.25) is 9.36 Å². The number of thiophene rings is 1. The van der Waals surface area contributed by atoms with Gasteiger partial charge in [0.2, 0.25) is 0 Å². The smallest absolute Gasteiger partial charge is 0.250 e. The third-order valence-corrected chi connectivity index (χ3v) is 7.07. The number of hydrazone groups is 1. The zero-order valence-corrected chi connectivity index (χ0v) is 20.8. The molecular weight excluding hydrogens is 530 g/mol. The van der Waals surface area contributed by atoms with Gasteiger partial charge in [0, 0.05) is 21.2 Å². The Balaban J connectivity index is 1.52. The molecule has 0 fully saturated rings. The zero-order valence-electron chi connectivity index (χ0n) is 16.8. The Morgan fingerprint density at radius 1 is 1.16 bits per heavy atom. The van der Waals surface area contributed by atoms with E-state index in [4.69, 9.17) is 11.6 Å². The van der Waals surface area contributed by atoms with Crippen LogP contribution in [0.15, 0.2) is 74.7 Å². The van der Waals surface area contributed by atoms with Gasteiger partial charge in [0.05, 0.1) is 15.8 Å². The van der Waals surface area contributed by atoms with Crippen LogP contribution in [-0.2, 0) is 4.79 Å². The summed E-state index contributed by atoms with van der Waals surface area (Å²) in [7, 11) is 0. The molecule has 1 amide bonds. The molecule has 1 N–H and O–H groups in total. The van der Waals surface area contributed by atoms with Crippen LogP contribution < -0.4 is 5.43 Å². The fourth-order valence-corrected chi connectivity index (χ4v) is 4.97. The Bertz CT molecular complexity index is 1250. The van der Waals surface area contributed by atoms with E-state index in [1.54, 1.807) is 6.21 Å². The van der Waals surface area contributed by atoms with Crippen molar-refractivity contribution in [2.24, 2.45) is 5.10 Å². The second-order valence-corrected chi connectivity index (χ2v) is 10.6. The molecule has 162 valence electrons. The number of hydrogen-bond acceptors (Lipinski definition) is 6. The van der Waals surface area contributed by atoms with E-state index in [-0.39, 0.29) is 11.7 Å². The van der Waals surface area contributed by atoms with E-state index in [9.17, 15) is 4.79 Å². The summed E-state index contributed by atoms with van der Waals surface area (Å²) in [5.41, 5.74) is 5.50. The maximum Gasteiger partial charge on any atom is 0.250 e. The average Bonchev–Trinajstić information content (AvgIpc) is 3.39. The number of carbonyl (C=O) groups excluding carboxylic acids is 1. The molecule has 0 atom stereocenters. The quantitative estimate of drug-likeness (QED) is 0.176. The van der Waals surface area contributed by atoms with Crippen LogP contribution in [-0.4, -0.2) is 32.6 Å². The standard InChI is InChI=1S/C22H17BrClN5OS2/c1-14-2-4-15(5-3-14)21-27-28-22(29(21)17-8-6-16(24)7-9-17)31-13-20(30)26-25-12-18-10-11-19(23)32-18/h2-12H,13H2,1H3,(H,26,30)/b25-12+. The number of nitrogens with zero attached hydrogens (tertiary/aromatic N) is 4. The normalized spacial score (nSPS) is 11.2. The lowest BCUT2D eigenvalue weighted by molar-refractivity contribution is -0.118. The van der Waals surface area contributed by atoms with Crippen molar-refractivity contribution in [3.05, 3.63) is 79.9 Å². The lowest BCUT2D eigenvalue weighted by Crippen LogP contribution is -2.19. The molecule has 32 heavy (non-hydrogen) atoms. The summed E-state index contributed by atoms with van der Waals surface area (Å²) in [4.78, 5) is 13.2. The van der Waals surface area contributed by atoms with E-state index >= 15 is 0 Å². The summed E-state index contributed by atoms with van der Waals surface area (Å²) >= 11 is 12.3. The Labute approximate surface area is 206 Å². The summed E-state index contributed by atoms with van der Waals surface area (Å²) in [6.07, 6.45) is 1.61. The third-order valence-electron chi connectivity index (χ3n) is 4.34. The molecule has 0 aliphatic carbocycles. The second kappa shape index (κ2) is 10.4. The van der Waals surface area contributed by atoms with Crippen molar-refractivity contribution in [3.63, 3.8) is 0 Å². The largest absolute Gasteiger partial charge is 0.272 e. The highest BCUT2D eigenvalue weighted by molar-refractivity contribution is 9.11. The van der Waals surface area contributed by atoms with Gasteiger partial charge in [-0.1, -0.05) is 53.2 Å². The van der Waals surface area contributed by atoms with Gasteiger partial charge in [-0.2, -0.15) is 5.10 Å². The van der Waals surface area contributed by atoms with Crippen LogP contribution in [0.4, 0.5) is 0 Å². The number of carbonyl (C=O) groups is 1. The number of nitrogens with one attached hydrogen (secondary N) is 1. The molecule has 0 saturated heterocycles. The van der Waals surface area contributed by atoms with E-state index in [0.29, 0.717) is 16.0 Å². The molecule has 0 aliphatic rings. The molecule has 2 aromatic carbocycles. The number of benzene rings is 2. The number of halogens is 2. The summed E-state index contributed by atoms with van der Waals surface area (Å²) in [5, 5.41) is 14.0. The highest BCUT2D eigenvalue weighted by atomic mass is 79.9. The third kappa shape index (κ3) is 5.66. The molecule has 0 aliphatic heterocycles. The second-order valence-electron chi connectivity index (χ2n) is 6.71. The minimum atomic E-state index is -0.232. The molecule has 0 unspecified atom stereocenters. The Morgan fingerprint density at radius 3 is 2.59 bits per heavy atom. The number of aromatic nitrogens is 3. The van der Waals surface area contributed by atoms with Crippen molar-refractivity contribution in [2.45, 2.75) is 12.1 Å². The van der Waals surface area contributed by atoms with Crippen LogP contribution in [0.5, 0.6) is 0 Å². The summed E-state index contributed by atoms with van der Waals surface area (Å²) in [6, 6.07) is 19.3. The first kappa shape index (κ1) is 22.7. The topological polar surface area (TPSA) is 72.2 Å². The molecule has 4 rings (SSSR count). The number of rotatable bonds is 7. The zero-order chi connectivity index (χ0) is 22.5. The number of hydrogen-bond donors (Lipinski definition) is 1. The molecule has 6 nitrogen and oxygen atoms in total. The van der Waals surface area contributed by atoms with E-state index in [1.807, 2.05) is 72.2 Å². The molecule has 10 heteroatoms. The van der Waals surface area contributed by atoms with Crippen LogP contribution in [0, 0.1) is 6.92 Å². The lowest BCUT2D eigenvalue weighted by Gasteiger charge is -2.10. The lowest BCUT2D eigenvalue weighted by atomic mass is 10.1. The first-order valence-corrected chi connectivity index (χ1v) is 12.5. The van der Waals surface area contributed by atoms with Crippen molar-refractivity contribution < 1.29 is 4.79 Å².